The zero-order valence-electron chi connectivity index (χ0n) is 42.6. The van der Waals surface area contributed by atoms with E-state index in [9.17, 15) is 0 Å². The Labute approximate surface area is 364 Å². The smallest absolute Gasteiger partial charge is 0.118 e. The molecule has 4 rings (SSSR count). The lowest BCUT2D eigenvalue weighted by Gasteiger charge is -2.50. The van der Waals surface area contributed by atoms with Gasteiger partial charge in [-0.2, -0.15) is 0 Å². The summed E-state index contributed by atoms with van der Waals surface area (Å²) in [5, 5.41) is 0. The minimum atomic E-state index is 0.385. The van der Waals surface area contributed by atoms with Gasteiger partial charge >= 0.3 is 0 Å². The monoisotopic (exact) mass is 805 g/mol. The first-order chi connectivity index (χ1) is 26.7. The molecule has 2 fully saturated rings. The molecule has 2 heteroatoms. The van der Waals surface area contributed by atoms with Crippen molar-refractivity contribution in [1.82, 2.24) is 0 Å². The number of allylic oxidation sites excluding steroid dienone is 1. The maximum absolute atomic E-state index is 4.91. The van der Waals surface area contributed by atoms with Crippen molar-refractivity contribution in [2.24, 2.45) is 49.7 Å². The van der Waals surface area contributed by atoms with Crippen LogP contribution in [0.3, 0.4) is 0 Å². The Morgan fingerprint density at radius 2 is 0.862 bits per heavy atom. The zero-order valence-corrected chi connectivity index (χ0v) is 42.6. The molecular weight excluding hydrogens is 705 g/mol. The van der Waals surface area contributed by atoms with Gasteiger partial charge in [0.1, 0.15) is 11.5 Å². The van der Waals surface area contributed by atoms with Crippen LogP contribution in [0.4, 0.5) is 0 Å². The molecule has 0 saturated heterocycles. The molecule has 2 aliphatic carbocycles. The average Bonchev–Trinajstić information content (AvgIpc) is 3.12. The Balaban J connectivity index is 0.00000131. The molecule has 336 valence electrons. The Morgan fingerprint density at radius 3 is 1.19 bits per heavy atom. The second-order valence-corrected chi connectivity index (χ2v) is 23.1. The number of benzene rings is 2. The van der Waals surface area contributed by atoms with Crippen molar-refractivity contribution in [3.63, 3.8) is 0 Å². The number of hydrogen-bond donors (Lipinski definition) is 0. The van der Waals surface area contributed by atoms with Crippen LogP contribution in [-0.4, -0.2) is 14.2 Å². The standard InChI is InChI=1S/C38H72.2C7H8O.2C2H6/c1-29-16-18-30(19-17-29)36(11,12)27-34(7,8)25-35(9,10)28-38(15)22-20-31(21-23-38)37(13,14)26-33(5,6)24-32(2,3)4;2*1-8-7-5-3-2-4-6-7;2*1-2/h30-31H,1,16-28H2,2-15H3;2*2-6H,1H3;2*1-2H3. The van der Waals surface area contributed by atoms with Gasteiger partial charge in [0.05, 0.1) is 14.2 Å². The molecule has 0 aliphatic heterocycles. The second-order valence-electron chi connectivity index (χ2n) is 23.1. The summed E-state index contributed by atoms with van der Waals surface area (Å²) in [5.74, 6) is 3.56. The van der Waals surface area contributed by atoms with Gasteiger partial charge in [-0.1, -0.05) is 173 Å². The second kappa shape index (κ2) is 24.9. The SMILES string of the molecule is C=C1CCC(C(C)(C)CC(C)(C)CC(C)(C)CC2(C)CCC(C(C)(C)CC(C)(C)CC(C)(C)C)CC2)CC1.CC.CC.COc1ccccc1.COc1ccccc1. The molecule has 2 aromatic rings. The van der Waals surface area contributed by atoms with E-state index < -0.39 is 0 Å². The first-order valence-electron chi connectivity index (χ1n) is 23.6. The number of para-hydroxylation sites is 2. The van der Waals surface area contributed by atoms with Crippen LogP contribution >= 0.6 is 0 Å². The van der Waals surface area contributed by atoms with Crippen LogP contribution in [0.15, 0.2) is 72.8 Å². The Hall–Kier alpha value is -2.22. The maximum atomic E-state index is 4.91. The maximum Gasteiger partial charge on any atom is 0.118 e. The molecule has 0 unspecified atom stereocenters. The van der Waals surface area contributed by atoms with E-state index in [0.717, 1.165) is 23.3 Å². The molecule has 0 aromatic heterocycles. The third-order valence-electron chi connectivity index (χ3n) is 12.8. The third kappa shape index (κ3) is 22.4. The van der Waals surface area contributed by atoms with Crippen molar-refractivity contribution >= 4 is 0 Å². The summed E-state index contributed by atoms with van der Waals surface area (Å²) in [4.78, 5) is 0. The zero-order chi connectivity index (χ0) is 45.1. The van der Waals surface area contributed by atoms with Crippen LogP contribution in [-0.2, 0) is 0 Å². The fraction of sp³-hybridized carbons (Fsp3) is 0.750. The average molecular weight is 805 g/mol. The Morgan fingerprint density at radius 1 is 0.517 bits per heavy atom. The van der Waals surface area contributed by atoms with E-state index in [1.54, 1.807) is 14.2 Å². The van der Waals surface area contributed by atoms with Crippen LogP contribution in [0.1, 0.15) is 208 Å². The van der Waals surface area contributed by atoms with Crippen molar-refractivity contribution < 1.29 is 9.47 Å². The van der Waals surface area contributed by atoms with E-state index in [2.05, 4.69) is 104 Å². The van der Waals surface area contributed by atoms with Gasteiger partial charge in [0.15, 0.2) is 0 Å². The molecule has 58 heavy (non-hydrogen) atoms. The van der Waals surface area contributed by atoms with Gasteiger partial charge in [0, 0.05) is 0 Å². The lowest BCUT2D eigenvalue weighted by atomic mass is 9.55. The van der Waals surface area contributed by atoms with Crippen LogP contribution in [0.5, 0.6) is 11.5 Å². The molecule has 2 aliphatic rings. The van der Waals surface area contributed by atoms with E-state index in [1.165, 1.54) is 89.0 Å². The van der Waals surface area contributed by atoms with E-state index >= 15 is 0 Å². The number of ether oxygens (including phenoxy) is 2. The molecule has 0 spiro atoms. The summed E-state index contributed by atoms with van der Waals surface area (Å²) in [6, 6.07) is 19.4. The van der Waals surface area contributed by atoms with Crippen molar-refractivity contribution in [2.75, 3.05) is 14.2 Å². The highest BCUT2D eigenvalue weighted by Crippen LogP contribution is 2.56. The number of hydrogen-bond acceptors (Lipinski definition) is 2. The quantitative estimate of drug-likeness (QED) is 0.188. The fourth-order valence-electron chi connectivity index (χ4n) is 12.0. The van der Waals surface area contributed by atoms with E-state index in [4.69, 9.17) is 9.47 Å². The highest BCUT2D eigenvalue weighted by molar-refractivity contribution is 5.21. The van der Waals surface area contributed by atoms with Crippen LogP contribution < -0.4 is 9.47 Å². The van der Waals surface area contributed by atoms with E-state index in [-0.39, 0.29) is 0 Å². The Bertz CT molecular complexity index is 1300. The molecule has 0 bridgehead atoms. The van der Waals surface area contributed by atoms with Gasteiger partial charge in [0.25, 0.3) is 0 Å². The van der Waals surface area contributed by atoms with Crippen molar-refractivity contribution in [1.29, 1.82) is 0 Å². The van der Waals surface area contributed by atoms with Crippen molar-refractivity contribution in [3.05, 3.63) is 72.8 Å². The largest absolute Gasteiger partial charge is 0.497 e. The summed E-state index contributed by atoms with van der Waals surface area (Å²) >= 11 is 0. The number of rotatable bonds is 13. The van der Waals surface area contributed by atoms with Gasteiger partial charge in [0.2, 0.25) is 0 Å². The minimum Gasteiger partial charge on any atom is -0.497 e. The van der Waals surface area contributed by atoms with Gasteiger partial charge < -0.3 is 9.47 Å². The van der Waals surface area contributed by atoms with Gasteiger partial charge in [-0.3, -0.25) is 0 Å². The van der Waals surface area contributed by atoms with Gasteiger partial charge in [-0.25, -0.2) is 0 Å². The summed E-state index contributed by atoms with van der Waals surface area (Å²) in [6.45, 7) is 47.8. The highest BCUT2D eigenvalue weighted by Gasteiger charge is 2.44. The molecule has 2 aromatic carbocycles. The first kappa shape index (κ1) is 55.8. The minimum absolute atomic E-state index is 0.385. The fourth-order valence-corrected chi connectivity index (χ4v) is 12.0. The molecule has 0 N–H and O–H groups in total. The third-order valence-corrected chi connectivity index (χ3v) is 12.8. The summed E-state index contributed by atoms with van der Waals surface area (Å²) in [5.41, 5.74) is 4.45. The van der Waals surface area contributed by atoms with E-state index in [1.807, 2.05) is 88.4 Å². The first-order valence-corrected chi connectivity index (χ1v) is 23.6. The van der Waals surface area contributed by atoms with Gasteiger partial charge in [-0.05, 0) is 157 Å². The predicted octanol–water partition coefficient (Wildman–Crippen LogP) is 18.5. The van der Waals surface area contributed by atoms with Crippen LogP contribution in [0.2, 0.25) is 0 Å². The van der Waals surface area contributed by atoms with Crippen molar-refractivity contribution in [2.45, 2.75) is 208 Å². The molecule has 2 saturated carbocycles. The summed E-state index contributed by atoms with van der Waals surface area (Å²) < 4.78 is 9.83. The van der Waals surface area contributed by atoms with Gasteiger partial charge in [-0.15, -0.1) is 0 Å². The van der Waals surface area contributed by atoms with E-state index in [0.29, 0.717) is 37.9 Å². The highest BCUT2D eigenvalue weighted by atomic mass is 16.5. The lowest BCUT2D eigenvalue weighted by molar-refractivity contribution is 0.0118. The molecule has 0 radical (unpaired) electrons. The molecule has 0 atom stereocenters. The molecular formula is C56H100O2. The van der Waals surface area contributed by atoms with Crippen molar-refractivity contribution in [3.8, 4) is 11.5 Å². The summed E-state index contributed by atoms with van der Waals surface area (Å²) in [6.07, 6.45) is 17.6. The number of methoxy groups -OCH3 is 2. The summed E-state index contributed by atoms with van der Waals surface area (Å²) in [7, 11) is 3.32. The van der Waals surface area contributed by atoms with Crippen LogP contribution in [0, 0.1) is 49.7 Å². The van der Waals surface area contributed by atoms with Crippen LogP contribution in [0.25, 0.3) is 0 Å². The Kier molecular flexibility index (Phi) is 23.9. The normalized spacial score (nSPS) is 19.4. The lowest BCUT2D eigenvalue weighted by Crippen LogP contribution is -2.39. The molecule has 0 heterocycles. The molecule has 2 nitrogen and oxygen atoms in total. The predicted molar refractivity (Wildman–Crippen MR) is 261 cm³/mol. The molecule has 0 amide bonds. The topological polar surface area (TPSA) is 18.5 Å².